The third-order valence-electron chi connectivity index (χ3n) is 10.1. The molecule has 2 aromatic carbocycles. The fraction of sp³-hybridized carbons (Fsp3) is 0.543. The third kappa shape index (κ3) is 6.81. The number of hydrogen-bond donors (Lipinski definition) is 1. The van der Waals surface area contributed by atoms with Crippen molar-refractivity contribution in [1.82, 2.24) is 4.72 Å². The molecule has 2 aromatic rings. The lowest BCUT2D eigenvalue weighted by Gasteiger charge is -2.46. The number of carbonyl (C=O) groups is 2. The van der Waals surface area contributed by atoms with Crippen LogP contribution in [0.4, 0.5) is 5.69 Å². The molecular weight excluding hydrogens is 610 g/mol. The van der Waals surface area contributed by atoms with Crippen molar-refractivity contribution in [1.29, 1.82) is 0 Å². The molecule has 2 bridgehead atoms. The van der Waals surface area contributed by atoms with Crippen LogP contribution in [0.3, 0.4) is 0 Å². The number of halogens is 1. The van der Waals surface area contributed by atoms with Crippen LogP contribution in [-0.2, 0) is 31.3 Å². The predicted octanol–water partition coefficient (Wildman–Crippen LogP) is 6.64. The predicted molar refractivity (Wildman–Crippen MR) is 178 cm³/mol. The second kappa shape index (κ2) is 13.5. The average molecular weight is 654 g/mol. The van der Waals surface area contributed by atoms with Crippen molar-refractivity contribution in [3.8, 4) is 5.75 Å². The van der Waals surface area contributed by atoms with Crippen LogP contribution in [0.5, 0.6) is 5.75 Å². The molecule has 10 heteroatoms. The van der Waals surface area contributed by atoms with E-state index in [9.17, 15) is 13.8 Å². The number of anilines is 1. The lowest BCUT2D eigenvalue weighted by molar-refractivity contribution is -0.118. The average Bonchev–Trinajstić information content (AvgIpc) is 3.16. The van der Waals surface area contributed by atoms with Crippen molar-refractivity contribution < 1.29 is 23.3 Å². The first-order valence-corrected chi connectivity index (χ1v) is 18.4. The molecule has 0 aromatic heterocycles. The highest BCUT2D eigenvalue weighted by molar-refractivity contribution is 7.92. The minimum atomic E-state index is -3.29. The van der Waals surface area contributed by atoms with Gasteiger partial charge in [0.15, 0.2) is 0 Å². The molecule has 2 amide bonds. The summed E-state index contributed by atoms with van der Waals surface area (Å²) in [7, 11) is -1.50. The van der Waals surface area contributed by atoms with Gasteiger partial charge in [-0.1, -0.05) is 36.7 Å². The van der Waals surface area contributed by atoms with Gasteiger partial charge in [-0.2, -0.15) is 0 Å². The number of nitrogens with zero attached hydrogens (tertiary/aromatic N) is 2. The second-order valence-corrected chi connectivity index (χ2v) is 15.5. The Hall–Kier alpha value is -2.88. The number of amides is 2. The molecule has 1 saturated carbocycles. The summed E-state index contributed by atoms with van der Waals surface area (Å²) in [6.07, 6.45) is 11.9. The number of ether oxygens (including phenoxy) is 2. The van der Waals surface area contributed by atoms with E-state index in [1.165, 1.54) is 11.1 Å². The smallest absolute Gasteiger partial charge is 0.286 e. The maximum atomic E-state index is 13.8. The van der Waals surface area contributed by atoms with Gasteiger partial charge in [0.25, 0.3) is 5.91 Å². The van der Waals surface area contributed by atoms with Gasteiger partial charge < -0.3 is 14.4 Å². The van der Waals surface area contributed by atoms with Crippen LogP contribution in [0.2, 0.25) is 5.02 Å². The van der Waals surface area contributed by atoms with Crippen LogP contribution in [-0.4, -0.2) is 54.7 Å². The lowest BCUT2D eigenvalue weighted by Crippen LogP contribution is -2.49. The zero-order valence-corrected chi connectivity index (χ0v) is 27.8. The van der Waals surface area contributed by atoms with Gasteiger partial charge in [-0.05, 0) is 105 Å². The Bertz CT molecular complexity index is 1600. The summed E-state index contributed by atoms with van der Waals surface area (Å²) in [5.41, 5.74) is 3.51. The van der Waals surface area contributed by atoms with Gasteiger partial charge in [-0.15, -0.1) is 4.36 Å². The summed E-state index contributed by atoms with van der Waals surface area (Å²) < 4.78 is 33.2. The Balaban J connectivity index is 1.43. The second-order valence-electron chi connectivity index (χ2n) is 13.0. The van der Waals surface area contributed by atoms with Crippen molar-refractivity contribution in [3.63, 3.8) is 0 Å². The van der Waals surface area contributed by atoms with E-state index < -0.39 is 15.8 Å². The van der Waals surface area contributed by atoms with E-state index in [-0.39, 0.29) is 29.6 Å². The maximum Gasteiger partial charge on any atom is 0.286 e. The zero-order valence-electron chi connectivity index (χ0n) is 26.3. The van der Waals surface area contributed by atoms with Crippen LogP contribution in [0.25, 0.3) is 0 Å². The Labute approximate surface area is 272 Å². The number of benzene rings is 2. The minimum Gasteiger partial charge on any atom is -0.490 e. The standard InChI is InChI=1S/C35H44ClN3O5S/c1-3-33(40)37-45(42)18-7-5-4-6-10-31(43-2)28-14-11-26(28)21-39-22-35(17-8-9-24-19-27(36)13-15-29(24)35)23-44-32-16-12-25(20-30(32)39)34(41)38-45/h6,10,12-13,15-16,19-20,26,28,31H,3-5,7-9,11,14,17-18,21-23H2,1-2H3,(H,37,38,40,41,42)/b10-6-/t26-,28+,31-,35-,45?/m0/s1. The highest BCUT2D eigenvalue weighted by atomic mass is 35.5. The van der Waals surface area contributed by atoms with Crippen LogP contribution < -0.4 is 14.4 Å². The zero-order chi connectivity index (χ0) is 31.6. The van der Waals surface area contributed by atoms with Gasteiger partial charge in [0, 0.05) is 42.6 Å². The van der Waals surface area contributed by atoms with E-state index in [1.807, 2.05) is 18.2 Å². The van der Waals surface area contributed by atoms with Crippen molar-refractivity contribution >= 4 is 39.0 Å². The number of aryl methyl sites for hydroxylation is 1. The number of allylic oxidation sites excluding steroid dienone is 1. The molecular formula is C35H44ClN3O5S. The number of rotatable bonds is 3. The van der Waals surface area contributed by atoms with Crippen molar-refractivity contribution in [3.05, 3.63) is 70.3 Å². The molecule has 8 nitrogen and oxygen atoms in total. The Kier molecular flexibility index (Phi) is 9.60. The summed E-state index contributed by atoms with van der Waals surface area (Å²) in [6, 6.07) is 11.6. The summed E-state index contributed by atoms with van der Waals surface area (Å²) in [5, 5.41) is 0.749. The summed E-state index contributed by atoms with van der Waals surface area (Å²) in [4.78, 5) is 28.3. The Morgan fingerprint density at radius 1 is 1.20 bits per heavy atom. The summed E-state index contributed by atoms with van der Waals surface area (Å²) in [5.74, 6) is 0.663. The van der Waals surface area contributed by atoms with Gasteiger partial charge in [0.1, 0.15) is 15.7 Å². The van der Waals surface area contributed by atoms with Crippen LogP contribution >= 0.6 is 11.6 Å². The van der Waals surface area contributed by atoms with E-state index in [0.717, 1.165) is 74.5 Å². The Morgan fingerprint density at radius 2 is 2.07 bits per heavy atom. The SMILES string of the molecule is CCC(=O)NS1(=O)=NC(=O)c2ccc3c(c2)N(C[C@@H]2CC[C@H]2[C@@H](OC)/C=C\CCCC1)C[C@@]1(CCCc2cc(Cl)ccc21)CO3. The molecule has 1 fully saturated rings. The highest BCUT2D eigenvalue weighted by Gasteiger charge is 2.44. The molecule has 2 aliphatic heterocycles. The molecule has 1 N–H and O–H groups in total. The van der Waals surface area contributed by atoms with E-state index in [1.54, 1.807) is 20.1 Å². The third-order valence-corrected chi connectivity index (χ3v) is 12.2. The van der Waals surface area contributed by atoms with Crippen LogP contribution in [0.15, 0.2) is 52.9 Å². The first kappa shape index (κ1) is 32.1. The number of carbonyl (C=O) groups excluding carboxylic acids is 2. The molecule has 2 aliphatic carbocycles. The van der Waals surface area contributed by atoms with Gasteiger partial charge in [-0.3, -0.25) is 14.3 Å². The molecule has 2 heterocycles. The minimum absolute atomic E-state index is 0.0182. The molecule has 242 valence electrons. The number of hydrogen-bond acceptors (Lipinski definition) is 6. The van der Waals surface area contributed by atoms with E-state index >= 15 is 0 Å². The largest absolute Gasteiger partial charge is 0.490 e. The van der Waals surface area contributed by atoms with Crippen LogP contribution in [0, 0.1) is 11.8 Å². The van der Waals surface area contributed by atoms with Gasteiger partial charge in [0.05, 0.1) is 24.2 Å². The van der Waals surface area contributed by atoms with Gasteiger partial charge in [0.2, 0.25) is 5.91 Å². The molecule has 1 unspecified atom stereocenters. The first-order valence-electron chi connectivity index (χ1n) is 16.3. The monoisotopic (exact) mass is 653 g/mol. The van der Waals surface area contributed by atoms with E-state index in [4.69, 9.17) is 21.1 Å². The van der Waals surface area contributed by atoms with Gasteiger partial charge in [-0.25, -0.2) is 4.21 Å². The molecule has 4 aliphatic rings. The van der Waals surface area contributed by atoms with Gasteiger partial charge >= 0.3 is 0 Å². The number of methoxy groups -OCH3 is 1. The lowest BCUT2D eigenvalue weighted by atomic mass is 9.68. The molecule has 45 heavy (non-hydrogen) atoms. The fourth-order valence-corrected chi connectivity index (χ4v) is 9.43. The van der Waals surface area contributed by atoms with Crippen molar-refractivity contribution in [2.24, 2.45) is 16.2 Å². The molecule has 6 rings (SSSR count). The van der Waals surface area contributed by atoms with E-state index in [0.29, 0.717) is 30.4 Å². The normalized spacial score (nSPS) is 30.8. The number of fused-ring (bicyclic) bond motifs is 4. The fourth-order valence-electron chi connectivity index (χ4n) is 7.53. The molecule has 5 atom stereocenters. The maximum absolute atomic E-state index is 13.8. The molecule has 0 saturated heterocycles. The Morgan fingerprint density at radius 3 is 2.84 bits per heavy atom. The number of nitrogens with one attached hydrogen (secondary N) is 1. The van der Waals surface area contributed by atoms with Crippen molar-refractivity contribution in [2.75, 3.05) is 37.5 Å². The topological polar surface area (TPSA) is 97.3 Å². The molecule has 1 spiro atoms. The summed E-state index contributed by atoms with van der Waals surface area (Å²) in [6.45, 7) is 3.76. The van der Waals surface area contributed by atoms with Crippen LogP contribution in [0.1, 0.15) is 79.8 Å². The van der Waals surface area contributed by atoms with E-state index in [2.05, 4.69) is 38.3 Å². The highest BCUT2D eigenvalue weighted by Crippen LogP contribution is 2.47. The summed E-state index contributed by atoms with van der Waals surface area (Å²) >= 11 is 6.43. The first-order chi connectivity index (χ1) is 21.7. The quantitative estimate of drug-likeness (QED) is 0.373. The molecule has 0 radical (unpaired) electrons. The van der Waals surface area contributed by atoms with Crippen molar-refractivity contribution in [2.45, 2.75) is 76.2 Å².